The van der Waals surface area contributed by atoms with E-state index in [4.69, 9.17) is 9.47 Å². The van der Waals surface area contributed by atoms with Crippen molar-refractivity contribution in [2.45, 2.75) is 78.4 Å². The van der Waals surface area contributed by atoms with E-state index >= 15 is 0 Å². The average Bonchev–Trinajstić information content (AvgIpc) is 2.49. The van der Waals surface area contributed by atoms with Crippen molar-refractivity contribution < 1.29 is 19.1 Å². The third-order valence-corrected chi connectivity index (χ3v) is 4.56. The van der Waals surface area contributed by atoms with E-state index in [9.17, 15) is 9.59 Å². The fourth-order valence-electron chi connectivity index (χ4n) is 3.17. The van der Waals surface area contributed by atoms with Gasteiger partial charge in [-0.2, -0.15) is 0 Å². The molecule has 1 fully saturated rings. The van der Waals surface area contributed by atoms with Crippen LogP contribution in [0, 0.1) is 11.8 Å². The van der Waals surface area contributed by atoms with E-state index in [2.05, 4.69) is 13.8 Å². The van der Waals surface area contributed by atoms with Gasteiger partial charge in [-0.1, -0.05) is 33.1 Å². The van der Waals surface area contributed by atoms with Crippen LogP contribution >= 0.6 is 0 Å². The summed E-state index contributed by atoms with van der Waals surface area (Å²) in [5.41, 5.74) is -0.566. The molecule has 1 saturated heterocycles. The van der Waals surface area contributed by atoms with Gasteiger partial charge in [0.15, 0.2) is 0 Å². The minimum atomic E-state index is -0.566. The lowest BCUT2D eigenvalue weighted by molar-refractivity contribution is -0.149. The molecule has 23 heavy (non-hydrogen) atoms. The largest absolute Gasteiger partial charge is 0.467 e. The summed E-state index contributed by atoms with van der Waals surface area (Å²) in [6.07, 6.45) is 4.71. The Labute approximate surface area is 140 Å². The lowest BCUT2D eigenvalue weighted by Gasteiger charge is -2.40. The second-order valence-corrected chi connectivity index (χ2v) is 7.62. The van der Waals surface area contributed by atoms with Gasteiger partial charge in [-0.3, -0.25) is 4.90 Å². The predicted octanol–water partition coefficient (Wildman–Crippen LogP) is 4.00. The van der Waals surface area contributed by atoms with E-state index < -0.39 is 17.7 Å². The molecule has 0 spiro atoms. The first kappa shape index (κ1) is 19.8. The minimum Gasteiger partial charge on any atom is -0.467 e. The van der Waals surface area contributed by atoms with Crippen LogP contribution in [-0.2, 0) is 14.3 Å². The smallest absolute Gasteiger partial charge is 0.411 e. The highest BCUT2D eigenvalue weighted by atomic mass is 16.6. The fourth-order valence-corrected chi connectivity index (χ4v) is 3.17. The number of hydrogen-bond acceptors (Lipinski definition) is 4. The third kappa shape index (κ3) is 6.04. The zero-order valence-electron chi connectivity index (χ0n) is 15.6. The highest BCUT2D eigenvalue weighted by molar-refractivity contribution is 5.81. The lowest BCUT2D eigenvalue weighted by atomic mass is 9.80. The Balaban J connectivity index is 2.78. The Kier molecular flexibility index (Phi) is 7.36. The molecule has 0 aromatic rings. The van der Waals surface area contributed by atoms with Gasteiger partial charge in [0.1, 0.15) is 11.6 Å². The van der Waals surface area contributed by atoms with Crippen LogP contribution in [0.2, 0.25) is 0 Å². The molecule has 134 valence electrons. The van der Waals surface area contributed by atoms with E-state index in [1.54, 1.807) is 4.90 Å². The number of nitrogens with zero attached hydrogens (tertiary/aromatic N) is 1. The van der Waals surface area contributed by atoms with Gasteiger partial charge in [-0.25, -0.2) is 9.59 Å². The van der Waals surface area contributed by atoms with Crippen LogP contribution in [0.3, 0.4) is 0 Å². The summed E-state index contributed by atoms with van der Waals surface area (Å²) in [5, 5.41) is 0. The molecule has 5 heteroatoms. The standard InChI is InChI=1S/C18H33NO4/c1-7-8-9-13(2)14-10-11-19(15(12-14)16(20)22-6)17(21)23-18(3,4)5/h13-15H,7-12H2,1-6H3. The van der Waals surface area contributed by atoms with Crippen molar-refractivity contribution in [2.24, 2.45) is 11.8 Å². The van der Waals surface area contributed by atoms with Crippen LogP contribution in [0.25, 0.3) is 0 Å². The number of likely N-dealkylation sites (tertiary alicyclic amines) is 1. The van der Waals surface area contributed by atoms with Crippen LogP contribution in [-0.4, -0.2) is 42.3 Å². The number of amides is 1. The van der Waals surface area contributed by atoms with Crippen molar-refractivity contribution in [3.05, 3.63) is 0 Å². The van der Waals surface area contributed by atoms with Crippen molar-refractivity contribution in [1.29, 1.82) is 0 Å². The topological polar surface area (TPSA) is 55.8 Å². The van der Waals surface area contributed by atoms with Crippen LogP contribution in [0.15, 0.2) is 0 Å². The monoisotopic (exact) mass is 327 g/mol. The Hall–Kier alpha value is -1.26. The maximum Gasteiger partial charge on any atom is 0.411 e. The summed E-state index contributed by atoms with van der Waals surface area (Å²) in [6.45, 7) is 10.5. The Bertz CT molecular complexity index is 402. The molecular weight excluding hydrogens is 294 g/mol. The SMILES string of the molecule is CCCCC(C)C1CCN(C(=O)OC(C)(C)C)C(C(=O)OC)C1. The van der Waals surface area contributed by atoms with Crippen LogP contribution in [0.5, 0.6) is 0 Å². The van der Waals surface area contributed by atoms with Gasteiger partial charge in [0.25, 0.3) is 0 Å². The normalized spacial score (nSPS) is 23.3. The van der Waals surface area contributed by atoms with Gasteiger partial charge in [0, 0.05) is 6.54 Å². The van der Waals surface area contributed by atoms with Gasteiger partial charge in [0.05, 0.1) is 7.11 Å². The van der Waals surface area contributed by atoms with Gasteiger partial charge in [-0.05, 0) is 45.4 Å². The molecule has 0 aromatic carbocycles. The molecular formula is C18H33NO4. The van der Waals surface area contributed by atoms with Crippen molar-refractivity contribution >= 4 is 12.1 Å². The predicted molar refractivity (Wildman–Crippen MR) is 90.2 cm³/mol. The summed E-state index contributed by atoms with van der Waals surface area (Å²) in [6, 6.07) is -0.530. The van der Waals surface area contributed by atoms with E-state index in [0.717, 1.165) is 6.42 Å². The first-order chi connectivity index (χ1) is 10.7. The number of piperidine rings is 1. The molecule has 1 aliphatic rings. The number of methoxy groups -OCH3 is 1. The number of esters is 1. The van der Waals surface area contributed by atoms with E-state index in [-0.39, 0.29) is 5.97 Å². The molecule has 0 aliphatic carbocycles. The molecule has 1 rings (SSSR count). The highest BCUT2D eigenvalue weighted by Gasteiger charge is 2.40. The van der Waals surface area contributed by atoms with Crippen molar-refractivity contribution in [3.63, 3.8) is 0 Å². The molecule has 1 amide bonds. The lowest BCUT2D eigenvalue weighted by Crippen LogP contribution is -2.52. The van der Waals surface area contributed by atoms with Crippen LogP contribution in [0.1, 0.15) is 66.7 Å². The zero-order chi connectivity index (χ0) is 17.6. The number of ether oxygens (including phenoxy) is 2. The van der Waals surface area contributed by atoms with E-state index in [0.29, 0.717) is 24.8 Å². The molecule has 0 saturated carbocycles. The maximum atomic E-state index is 12.4. The molecule has 1 heterocycles. The quantitative estimate of drug-likeness (QED) is 0.716. The summed E-state index contributed by atoms with van der Waals surface area (Å²) in [7, 11) is 1.37. The van der Waals surface area contributed by atoms with Crippen LogP contribution < -0.4 is 0 Å². The Morgan fingerprint density at radius 2 is 1.96 bits per heavy atom. The molecule has 3 atom stereocenters. The first-order valence-corrected chi connectivity index (χ1v) is 8.77. The maximum absolute atomic E-state index is 12.4. The molecule has 0 aromatic heterocycles. The zero-order valence-corrected chi connectivity index (χ0v) is 15.6. The number of carbonyl (C=O) groups excluding carboxylic acids is 2. The van der Waals surface area contributed by atoms with Crippen LogP contribution in [0.4, 0.5) is 4.79 Å². The number of hydrogen-bond donors (Lipinski definition) is 0. The van der Waals surface area contributed by atoms with E-state index in [1.807, 2.05) is 20.8 Å². The molecule has 0 N–H and O–H groups in total. The number of rotatable bonds is 5. The van der Waals surface area contributed by atoms with Gasteiger partial charge in [0.2, 0.25) is 0 Å². The summed E-state index contributed by atoms with van der Waals surface area (Å²) < 4.78 is 10.4. The summed E-state index contributed by atoms with van der Waals surface area (Å²) in [5.74, 6) is 0.662. The summed E-state index contributed by atoms with van der Waals surface area (Å²) in [4.78, 5) is 26.1. The van der Waals surface area contributed by atoms with Crippen molar-refractivity contribution in [2.75, 3.05) is 13.7 Å². The molecule has 3 unspecified atom stereocenters. The number of unbranched alkanes of at least 4 members (excludes halogenated alkanes) is 1. The van der Waals surface area contributed by atoms with Gasteiger partial charge in [-0.15, -0.1) is 0 Å². The molecule has 0 radical (unpaired) electrons. The van der Waals surface area contributed by atoms with Gasteiger partial charge < -0.3 is 9.47 Å². The fraction of sp³-hybridized carbons (Fsp3) is 0.889. The Morgan fingerprint density at radius 3 is 2.48 bits per heavy atom. The summed E-state index contributed by atoms with van der Waals surface area (Å²) >= 11 is 0. The Morgan fingerprint density at radius 1 is 1.30 bits per heavy atom. The minimum absolute atomic E-state index is 0.344. The second-order valence-electron chi connectivity index (χ2n) is 7.62. The first-order valence-electron chi connectivity index (χ1n) is 8.77. The average molecular weight is 327 g/mol. The molecule has 1 aliphatic heterocycles. The number of carbonyl (C=O) groups is 2. The second kappa shape index (κ2) is 8.55. The molecule has 5 nitrogen and oxygen atoms in total. The third-order valence-electron chi connectivity index (χ3n) is 4.56. The van der Waals surface area contributed by atoms with Crippen molar-refractivity contribution in [3.8, 4) is 0 Å². The van der Waals surface area contributed by atoms with Crippen molar-refractivity contribution in [1.82, 2.24) is 4.90 Å². The molecule has 0 bridgehead atoms. The van der Waals surface area contributed by atoms with Gasteiger partial charge >= 0.3 is 12.1 Å². The highest BCUT2D eigenvalue weighted by Crippen LogP contribution is 2.32. The van der Waals surface area contributed by atoms with E-state index in [1.165, 1.54) is 26.4 Å².